The minimum atomic E-state index is -0.420. The van der Waals surface area contributed by atoms with Gasteiger partial charge in [-0.1, -0.05) is 19.1 Å². The third kappa shape index (κ3) is 6.27. The van der Waals surface area contributed by atoms with Crippen LogP contribution in [0.25, 0.3) is 0 Å². The maximum absolute atomic E-state index is 13.4. The molecule has 0 saturated carbocycles. The van der Waals surface area contributed by atoms with Gasteiger partial charge in [0.15, 0.2) is 18.2 Å². The van der Waals surface area contributed by atoms with Crippen molar-refractivity contribution in [2.24, 2.45) is 0 Å². The Hall–Kier alpha value is -2.76. The first-order valence-corrected chi connectivity index (χ1v) is 8.57. The number of hydrogen-bond acceptors (Lipinski definition) is 4. The number of amides is 1. The molecule has 0 saturated heterocycles. The molecular weight excluding hydrogens is 337 g/mol. The van der Waals surface area contributed by atoms with Crippen LogP contribution >= 0.6 is 0 Å². The highest BCUT2D eigenvalue weighted by atomic mass is 19.1. The molecule has 26 heavy (non-hydrogen) atoms. The van der Waals surface area contributed by atoms with Gasteiger partial charge in [0, 0.05) is 7.05 Å². The van der Waals surface area contributed by atoms with E-state index in [4.69, 9.17) is 14.2 Å². The van der Waals surface area contributed by atoms with Crippen LogP contribution in [0.4, 0.5) is 4.39 Å². The van der Waals surface area contributed by atoms with Gasteiger partial charge in [0.1, 0.15) is 18.1 Å². The van der Waals surface area contributed by atoms with Crippen molar-refractivity contribution < 1.29 is 23.4 Å². The molecule has 0 atom stereocenters. The van der Waals surface area contributed by atoms with E-state index >= 15 is 0 Å². The van der Waals surface area contributed by atoms with Crippen molar-refractivity contribution in [3.05, 3.63) is 54.3 Å². The van der Waals surface area contributed by atoms with Crippen LogP contribution in [-0.4, -0.2) is 44.2 Å². The zero-order valence-electron chi connectivity index (χ0n) is 15.1. The second kappa shape index (κ2) is 10.3. The summed E-state index contributed by atoms with van der Waals surface area (Å²) in [5, 5.41) is 0. The number of para-hydroxylation sites is 1. The highest BCUT2D eigenvalue weighted by Gasteiger charge is 2.10. The van der Waals surface area contributed by atoms with Crippen molar-refractivity contribution in [3.8, 4) is 17.2 Å². The molecule has 0 heterocycles. The largest absolute Gasteiger partial charge is 0.494 e. The third-order valence-electron chi connectivity index (χ3n) is 3.61. The Morgan fingerprint density at radius 3 is 2.27 bits per heavy atom. The molecule has 0 unspecified atom stereocenters. The molecule has 6 heteroatoms. The number of ether oxygens (including phenoxy) is 3. The quantitative estimate of drug-likeness (QED) is 0.650. The second-order valence-electron chi connectivity index (χ2n) is 5.70. The summed E-state index contributed by atoms with van der Waals surface area (Å²) in [4.78, 5) is 13.6. The zero-order chi connectivity index (χ0) is 18.8. The lowest BCUT2D eigenvalue weighted by Crippen LogP contribution is -2.34. The summed E-state index contributed by atoms with van der Waals surface area (Å²) in [7, 11) is 1.65. The zero-order valence-corrected chi connectivity index (χ0v) is 15.1. The minimum Gasteiger partial charge on any atom is -0.494 e. The first-order valence-electron chi connectivity index (χ1n) is 8.57. The number of carbonyl (C=O) groups is 1. The van der Waals surface area contributed by atoms with Crippen molar-refractivity contribution in [2.45, 2.75) is 13.3 Å². The molecule has 0 spiro atoms. The molecule has 140 valence electrons. The van der Waals surface area contributed by atoms with Crippen molar-refractivity contribution in [1.82, 2.24) is 4.90 Å². The van der Waals surface area contributed by atoms with Gasteiger partial charge in [-0.3, -0.25) is 4.79 Å². The average molecular weight is 361 g/mol. The number of halogens is 1. The summed E-state index contributed by atoms with van der Waals surface area (Å²) in [5.41, 5.74) is 0. The fourth-order valence-electron chi connectivity index (χ4n) is 2.09. The Morgan fingerprint density at radius 2 is 1.62 bits per heavy atom. The Labute approximate surface area is 153 Å². The first kappa shape index (κ1) is 19.6. The van der Waals surface area contributed by atoms with Gasteiger partial charge in [0.2, 0.25) is 0 Å². The van der Waals surface area contributed by atoms with E-state index < -0.39 is 5.82 Å². The summed E-state index contributed by atoms with van der Waals surface area (Å²) in [6.07, 6.45) is 0.944. The Bertz CT molecular complexity index is 690. The summed E-state index contributed by atoms with van der Waals surface area (Å²) in [6.45, 7) is 3.16. The van der Waals surface area contributed by atoms with Crippen LogP contribution in [0.3, 0.4) is 0 Å². The van der Waals surface area contributed by atoms with Gasteiger partial charge in [0.05, 0.1) is 13.2 Å². The number of rotatable bonds is 10. The summed E-state index contributed by atoms with van der Waals surface area (Å²) >= 11 is 0. The molecule has 2 aromatic rings. The molecule has 0 radical (unpaired) electrons. The molecule has 0 N–H and O–H groups in total. The molecule has 5 nitrogen and oxygen atoms in total. The SMILES string of the molecule is CCCOc1ccc(OCC(=O)N(C)CCOc2ccccc2F)cc1. The summed E-state index contributed by atoms with van der Waals surface area (Å²) in [5.74, 6) is 0.936. The van der Waals surface area contributed by atoms with E-state index in [-0.39, 0.29) is 24.9 Å². The number of nitrogens with zero attached hydrogens (tertiary/aromatic N) is 1. The van der Waals surface area contributed by atoms with E-state index in [0.717, 1.165) is 12.2 Å². The smallest absolute Gasteiger partial charge is 0.260 e. The van der Waals surface area contributed by atoms with Crippen LogP contribution in [0.1, 0.15) is 13.3 Å². The van der Waals surface area contributed by atoms with E-state index in [1.807, 2.05) is 6.92 Å². The van der Waals surface area contributed by atoms with Crippen LogP contribution in [-0.2, 0) is 4.79 Å². The maximum atomic E-state index is 13.4. The van der Waals surface area contributed by atoms with Gasteiger partial charge in [-0.05, 0) is 42.8 Å². The maximum Gasteiger partial charge on any atom is 0.260 e. The van der Waals surface area contributed by atoms with Crippen molar-refractivity contribution in [1.29, 1.82) is 0 Å². The second-order valence-corrected chi connectivity index (χ2v) is 5.70. The summed E-state index contributed by atoms with van der Waals surface area (Å²) in [6, 6.07) is 13.3. The molecule has 0 fully saturated rings. The molecule has 0 aliphatic rings. The third-order valence-corrected chi connectivity index (χ3v) is 3.61. The van der Waals surface area contributed by atoms with Gasteiger partial charge in [-0.2, -0.15) is 0 Å². The lowest BCUT2D eigenvalue weighted by Gasteiger charge is -2.18. The van der Waals surface area contributed by atoms with Crippen molar-refractivity contribution in [3.63, 3.8) is 0 Å². The average Bonchev–Trinajstić information content (AvgIpc) is 2.66. The highest BCUT2D eigenvalue weighted by molar-refractivity contribution is 5.77. The molecule has 0 aliphatic carbocycles. The molecular formula is C20H24FNO4. The number of benzene rings is 2. The van der Waals surface area contributed by atoms with Crippen molar-refractivity contribution in [2.75, 3.05) is 33.4 Å². The van der Waals surface area contributed by atoms with Gasteiger partial charge >= 0.3 is 0 Å². The van der Waals surface area contributed by atoms with E-state index in [1.165, 1.54) is 11.0 Å². The monoisotopic (exact) mass is 361 g/mol. The first-order chi connectivity index (χ1) is 12.6. The standard InChI is InChI=1S/C20H24FNO4/c1-3-13-24-16-8-10-17(11-9-16)26-15-20(23)22(2)12-14-25-19-7-5-4-6-18(19)21/h4-11H,3,12-15H2,1-2H3. The molecule has 2 aromatic carbocycles. The van der Waals surface area contributed by atoms with Gasteiger partial charge in [0.25, 0.3) is 5.91 Å². The molecule has 2 rings (SSSR count). The van der Waals surface area contributed by atoms with E-state index in [1.54, 1.807) is 49.5 Å². The van der Waals surface area contributed by atoms with E-state index in [9.17, 15) is 9.18 Å². The predicted octanol–water partition coefficient (Wildman–Crippen LogP) is 3.53. The van der Waals surface area contributed by atoms with Gasteiger partial charge in [-0.25, -0.2) is 4.39 Å². The lowest BCUT2D eigenvalue weighted by molar-refractivity contribution is -0.132. The van der Waals surface area contributed by atoms with Crippen LogP contribution in [0.15, 0.2) is 48.5 Å². The van der Waals surface area contributed by atoms with E-state index in [2.05, 4.69) is 0 Å². The molecule has 0 aromatic heterocycles. The lowest BCUT2D eigenvalue weighted by atomic mass is 10.3. The number of carbonyl (C=O) groups excluding carboxylic acids is 1. The molecule has 0 aliphatic heterocycles. The van der Waals surface area contributed by atoms with Crippen molar-refractivity contribution >= 4 is 5.91 Å². The predicted molar refractivity (Wildman–Crippen MR) is 97.3 cm³/mol. The summed E-state index contributed by atoms with van der Waals surface area (Å²) < 4.78 is 29.8. The van der Waals surface area contributed by atoms with Crippen LogP contribution in [0.5, 0.6) is 17.2 Å². The normalized spacial score (nSPS) is 10.3. The van der Waals surface area contributed by atoms with Crippen LogP contribution in [0.2, 0.25) is 0 Å². The topological polar surface area (TPSA) is 48.0 Å². The van der Waals surface area contributed by atoms with Gasteiger partial charge < -0.3 is 19.1 Å². The van der Waals surface area contributed by atoms with Crippen LogP contribution < -0.4 is 14.2 Å². The number of hydrogen-bond donors (Lipinski definition) is 0. The number of likely N-dealkylation sites (N-methyl/N-ethyl adjacent to an activating group) is 1. The highest BCUT2D eigenvalue weighted by Crippen LogP contribution is 2.18. The minimum absolute atomic E-state index is 0.0780. The molecule has 0 bridgehead atoms. The fraction of sp³-hybridized carbons (Fsp3) is 0.350. The fourth-order valence-corrected chi connectivity index (χ4v) is 2.09. The Balaban J connectivity index is 1.70. The van der Waals surface area contributed by atoms with Crippen LogP contribution in [0, 0.1) is 5.82 Å². The van der Waals surface area contributed by atoms with Gasteiger partial charge in [-0.15, -0.1) is 0 Å². The molecule has 1 amide bonds. The Kier molecular flexibility index (Phi) is 7.74. The Morgan fingerprint density at radius 1 is 0.962 bits per heavy atom. The van der Waals surface area contributed by atoms with E-state index in [0.29, 0.717) is 18.9 Å².